The highest BCUT2D eigenvalue weighted by molar-refractivity contribution is 8.00. The largest absolute Gasteiger partial charge is 0.389 e. The topological polar surface area (TPSA) is 38.9 Å². The summed E-state index contributed by atoms with van der Waals surface area (Å²) in [4.78, 5) is 4.55. The van der Waals surface area contributed by atoms with Crippen molar-refractivity contribution in [3.63, 3.8) is 0 Å². The van der Waals surface area contributed by atoms with Gasteiger partial charge in [0.25, 0.3) is 0 Å². The molecule has 0 aliphatic carbocycles. The van der Waals surface area contributed by atoms with Crippen molar-refractivity contribution in [2.24, 2.45) is 0 Å². The van der Waals surface area contributed by atoms with Gasteiger partial charge in [0.1, 0.15) is 16.5 Å². The minimum absolute atomic E-state index is 0.298. The van der Waals surface area contributed by atoms with Crippen LogP contribution in [0.5, 0.6) is 0 Å². The first kappa shape index (κ1) is 15.3. The summed E-state index contributed by atoms with van der Waals surface area (Å²) in [5.41, 5.74) is 8.28. The molecule has 0 aliphatic rings. The summed E-state index contributed by atoms with van der Waals surface area (Å²) in [5.74, 6) is 0.125. The zero-order chi connectivity index (χ0) is 15.5. The molecule has 6 heteroatoms. The Morgan fingerprint density at radius 2 is 1.91 bits per heavy atom. The third-order valence-electron chi connectivity index (χ3n) is 3.08. The van der Waals surface area contributed by atoms with Crippen molar-refractivity contribution in [2.45, 2.75) is 10.1 Å². The van der Waals surface area contributed by atoms with E-state index in [1.807, 2.05) is 30.3 Å². The third kappa shape index (κ3) is 3.27. The lowest BCUT2D eigenvalue weighted by Gasteiger charge is -2.03. The molecule has 0 aliphatic heterocycles. The van der Waals surface area contributed by atoms with Gasteiger partial charge >= 0.3 is 0 Å². The van der Waals surface area contributed by atoms with E-state index in [9.17, 15) is 4.39 Å². The van der Waals surface area contributed by atoms with Crippen LogP contribution in [0.4, 0.5) is 9.39 Å². The van der Waals surface area contributed by atoms with Crippen LogP contribution in [0, 0.1) is 5.82 Å². The summed E-state index contributed by atoms with van der Waals surface area (Å²) >= 11 is 8.87. The van der Waals surface area contributed by atoms with Gasteiger partial charge in [0, 0.05) is 21.9 Å². The van der Waals surface area contributed by atoms with Crippen molar-refractivity contribution in [3.05, 3.63) is 64.9 Å². The van der Waals surface area contributed by atoms with Gasteiger partial charge in [-0.15, -0.1) is 0 Å². The molecule has 3 rings (SSSR count). The second-order valence-electron chi connectivity index (χ2n) is 4.55. The van der Waals surface area contributed by atoms with Gasteiger partial charge in [-0.2, -0.15) is 0 Å². The maximum absolute atomic E-state index is 13.8. The number of aromatic nitrogens is 1. The van der Waals surface area contributed by atoms with Gasteiger partial charge in [0.2, 0.25) is 0 Å². The number of benzene rings is 2. The van der Waals surface area contributed by atoms with Crippen LogP contribution in [-0.4, -0.2) is 4.98 Å². The zero-order valence-corrected chi connectivity index (χ0v) is 13.8. The van der Waals surface area contributed by atoms with E-state index in [0.29, 0.717) is 21.3 Å². The minimum atomic E-state index is -0.298. The number of nitrogens with two attached hydrogens (primary N) is 1. The van der Waals surface area contributed by atoms with E-state index in [1.54, 1.807) is 12.1 Å². The molecule has 0 fully saturated rings. The molecular weight excluding hydrogens is 339 g/mol. The Balaban J connectivity index is 1.80. The fourth-order valence-corrected chi connectivity index (χ4v) is 4.27. The molecule has 0 radical (unpaired) electrons. The minimum Gasteiger partial charge on any atom is -0.389 e. The van der Waals surface area contributed by atoms with Crippen LogP contribution >= 0.6 is 34.7 Å². The summed E-state index contributed by atoms with van der Waals surface area (Å²) in [5, 5.41) is 1.09. The van der Waals surface area contributed by atoms with E-state index < -0.39 is 0 Å². The van der Waals surface area contributed by atoms with Gasteiger partial charge in [0.05, 0.1) is 0 Å². The Morgan fingerprint density at radius 3 is 2.64 bits per heavy atom. The molecule has 1 heterocycles. The van der Waals surface area contributed by atoms with Crippen LogP contribution in [0.1, 0.15) is 5.56 Å². The molecule has 0 unspecified atom stereocenters. The second-order valence-corrected chi connectivity index (χ2v) is 7.21. The van der Waals surface area contributed by atoms with Gasteiger partial charge < -0.3 is 5.73 Å². The highest BCUT2D eigenvalue weighted by Gasteiger charge is 2.13. The molecule has 112 valence electrons. The van der Waals surface area contributed by atoms with Crippen molar-refractivity contribution in [3.8, 4) is 11.3 Å². The van der Waals surface area contributed by atoms with Crippen LogP contribution in [0.3, 0.4) is 0 Å². The van der Waals surface area contributed by atoms with Crippen molar-refractivity contribution >= 4 is 39.7 Å². The summed E-state index contributed by atoms with van der Waals surface area (Å²) in [6, 6.07) is 14.5. The number of thiazole rings is 1. The first-order chi connectivity index (χ1) is 10.6. The lowest BCUT2D eigenvalue weighted by molar-refractivity contribution is 0.617. The van der Waals surface area contributed by atoms with Gasteiger partial charge in [-0.1, -0.05) is 71.1 Å². The number of rotatable bonds is 4. The predicted octanol–water partition coefficient (Wildman–Crippen LogP) is 5.48. The monoisotopic (exact) mass is 350 g/mol. The van der Waals surface area contributed by atoms with Crippen molar-refractivity contribution in [2.75, 3.05) is 5.73 Å². The average Bonchev–Trinajstić information content (AvgIpc) is 2.89. The SMILES string of the molecule is Nc1sc(SCc2c(F)cccc2Cl)nc1-c1ccccc1. The molecular formula is C16H12ClFN2S2. The normalized spacial score (nSPS) is 10.8. The molecule has 0 bridgehead atoms. The predicted molar refractivity (Wildman–Crippen MR) is 92.9 cm³/mol. The molecule has 22 heavy (non-hydrogen) atoms. The van der Waals surface area contributed by atoms with E-state index in [-0.39, 0.29) is 5.82 Å². The van der Waals surface area contributed by atoms with E-state index in [1.165, 1.54) is 29.2 Å². The number of hydrogen-bond donors (Lipinski definition) is 1. The van der Waals surface area contributed by atoms with E-state index in [2.05, 4.69) is 4.98 Å². The van der Waals surface area contributed by atoms with Crippen molar-refractivity contribution in [1.29, 1.82) is 0 Å². The van der Waals surface area contributed by atoms with Crippen LogP contribution in [0.25, 0.3) is 11.3 Å². The third-order valence-corrected chi connectivity index (χ3v) is 5.49. The second kappa shape index (κ2) is 6.69. The fraction of sp³-hybridized carbons (Fsp3) is 0.0625. The van der Waals surface area contributed by atoms with Crippen LogP contribution in [0.2, 0.25) is 5.02 Å². The average molecular weight is 351 g/mol. The van der Waals surface area contributed by atoms with Crippen LogP contribution in [0.15, 0.2) is 52.9 Å². The number of hydrogen-bond acceptors (Lipinski definition) is 4. The maximum Gasteiger partial charge on any atom is 0.152 e. The Labute approximate surface area is 141 Å². The molecule has 2 N–H and O–H groups in total. The molecule has 2 aromatic carbocycles. The van der Waals surface area contributed by atoms with E-state index in [0.717, 1.165) is 15.6 Å². The Morgan fingerprint density at radius 1 is 1.14 bits per heavy atom. The molecule has 2 nitrogen and oxygen atoms in total. The summed E-state index contributed by atoms with van der Waals surface area (Å²) in [7, 11) is 0. The number of nitrogen functional groups attached to an aromatic ring is 1. The highest BCUT2D eigenvalue weighted by atomic mass is 35.5. The quantitative estimate of drug-likeness (QED) is 0.633. The number of halogens is 2. The van der Waals surface area contributed by atoms with E-state index in [4.69, 9.17) is 17.3 Å². The summed E-state index contributed by atoms with van der Waals surface area (Å²) in [6.07, 6.45) is 0. The van der Waals surface area contributed by atoms with Crippen LogP contribution in [-0.2, 0) is 5.75 Å². The first-order valence-electron chi connectivity index (χ1n) is 6.52. The molecule has 0 atom stereocenters. The number of anilines is 1. The van der Waals surface area contributed by atoms with Gasteiger partial charge in [-0.25, -0.2) is 9.37 Å². The van der Waals surface area contributed by atoms with E-state index >= 15 is 0 Å². The smallest absolute Gasteiger partial charge is 0.152 e. The maximum atomic E-state index is 13.8. The molecule has 3 aromatic rings. The van der Waals surface area contributed by atoms with Crippen molar-refractivity contribution < 1.29 is 4.39 Å². The lowest BCUT2D eigenvalue weighted by atomic mass is 10.2. The molecule has 0 spiro atoms. The summed E-state index contributed by atoms with van der Waals surface area (Å²) in [6.45, 7) is 0. The molecule has 0 saturated carbocycles. The van der Waals surface area contributed by atoms with Gasteiger partial charge in [-0.3, -0.25) is 0 Å². The van der Waals surface area contributed by atoms with Crippen LogP contribution < -0.4 is 5.73 Å². The first-order valence-corrected chi connectivity index (χ1v) is 8.70. The number of thioether (sulfide) groups is 1. The summed E-state index contributed by atoms with van der Waals surface area (Å²) < 4.78 is 14.6. The fourth-order valence-electron chi connectivity index (χ4n) is 1.98. The highest BCUT2D eigenvalue weighted by Crippen LogP contribution is 2.37. The Hall–Kier alpha value is -1.56. The lowest BCUT2D eigenvalue weighted by Crippen LogP contribution is -1.88. The molecule has 0 saturated heterocycles. The van der Waals surface area contributed by atoms with Gasteiger partial charge in [-0.05, 0) is 12.1 Å². The standard InChI is InChI=1S/C16H12ClFN2S2/c17-12-7-4-8-13(18)11(12)9-21-16-20-14(15(19)22-16)10-5-2-1-3-6-10/h1-8H,9,19H2. The Bertz CT molecular complexity index is 770. The Kier molecular flexibility index (Phi) is 4.66. The molecule has 0 amide bonds. The number of nitrogens with zero attached hydrogens (tertiary/aromatic N) is 1. The van der Waals surface area contributed by atoms with Crippen molar-refractivity contribution in [1.82, 2.24) is 4.98 Å². The van der Waals surface area contributed by atoms with Gasteiger partial charge in [0.15, 0.2) is 4.34 Å². The zero-order valence-electron chi connectivity index (χ0n) is 11.4. The molecule has 1 aromatic heterocycles.